The standard InChI is InChI=1S/C20H32O2/c1-13-10-20-9-6-15-18(2,12-21)8-7-17(22)19(15,3)16(20)5-4-14(13)11-20/h14-17,21-22H,1,4-12H2,2-3H3/t14-,15+,16+,17+,18-,19-,20-/m1/s1. The molecule has 0 aliphatic heterocycles. The lowest BCUT2D eigenvalue weighted by molar-refractivity contribution is -0.209. The number of allylic oxidation sites excluding steroid dienone is 1. The van der Waals surface area contributed by atoms with Gasteiger partial charge in [0, 0.05) is 12.0 Å². The summed E-state index contributed by atoms with van der Waals surface area (Å²) in [6, 6.07) is 0. The van der Waals surface area contributed by atoms with Gasteiger partial charge in [-0.25, -0.2) is 0 Å². The molecule has 4 aliphatic rings. The molecule has 4 saturated carbocycles. The highest BCUT2D eigenvalue weighted by Gasteiger charge is 2.66. The van der Waals surface area contributed by atoms with E-state index in [2.05, 4.69) is 20.4 Å². The monoisotopic (exact) mass is 304 g/mol. The normalized spacial score (nSPS) is 57.4. The minimum atomic E-state index is -0.190. The molecule has 2 N–H and O–H groups in total. The third-order valence-corrected chi connectivity index (χ3v) is 8.69. The predicted octanol–water partition coefficient (Wildman–Crippen LogP) is 3.92. The van der Waals surface area contributed by atoms with Crippen LogP contribution in [0, 0.1) is 34.0 Å². The highest BCUT2D eigenvalue weighted by Crippen LogP contribution is 2.72. The molecule has 2 bridgehead atoms. The van der Waals surface area contributed by atoms with Gasteiger partial charge < -0.3 is 10.2 Å². The number of fused-ring (bicyclic) bond motifs is 3. The second kappa shape index (κ2) is 4.60. The molecule has 0 saturated heterocycles. The Bertz CT molecular complexity index is 500. The summed E-state index contributed by atoms with van der Waals surface area (Å²) in [5.74, 6) is 1.84. The second-order valence-corrected chi connectivity index (χ2v) is 9.55. The molecule has 4 fully saturated rings. The maximum Gasteiger partial charge on any atom is 0.0599 e. The van der Waals surface area contributed by atoms with E-state index < -0.39 is 0 Å². The molecule has 4 aliphatic carbocycles. The van der Waals surface area contributed by atoms with Gasteiger partial charge in [0.15, 0.2) is 0 Å². The summed E-state index contributed by atoms with van der Waals surface area (Å²) in [5, 5.41) is 21.1. The molecule has 2 heteroatoms. The van der Waals surface area contributed by atoms with Gasteiger partial charge in [0.05, 0.1) is 6.10 Å². The van der Waals surface area contributed by atoms with Crippen LogP contribution in [0.3, 0.4) is 0 Å². The number of aliphatic hydroxyl groups is 2. The van der Waals surface area contributed by atoms with E-state index in [1.54, 1.807) is 0 Å². The fraction of sp³-hybridized carbons (Fsp3) is 0.900. The van der Waals surface area contributed by atoms with Crippen LogP contribution in [0.1, 0.15) is 65.2 Å². The van der Waals surface area contributed by atoms with Crippen molar-refractivity contribution < 1.29 is 10.2 Å². The van der Waals surface area contributed by atoms with Gasteiger partial charge >= 0.3 is 0 Å². The van der Waals surface area contributed by atoms with Crippen molar-refractivity contribution >= 4 is 0 Å². The van der Waals surface area contributed by atoms with E-state index >= 15 is 0 Å². The van der Waals surface area contributed by atoms with Crippen LogP contribution in [0.5, 0.6) is 0 Å². The van der Waals surface area contributed by atoms with Crippen LogP contribution < -0.4 is 0 Å². The Hall–Kier alpha value is -0.340. The highest BCUT2D eigenvalue weighted by atomic mass is 16.3. The first-order valence-electron chi connectivity index (χ1n) is 9.32. The molecule has 0 radical (unpaired) electrons. The fourth-order valence-electron chi connectivity index (χ4n) is 7.58. The topological polar surface area (TPSA) is 40.5 Å². The summed E-state index contributed by atoms with van der Waals surface area (Å²) in [4.78, 5) is 0. The molecule has 124 valence electrons. The van der Waals surface area contributed by atoms with Crippen LogP contribution in [0.25, 0.3) is 0 Å². The van der Waals surface area contributed by atoms with Crippen molar-refractivity contribution in [1.82, 2.24) is 0 Å². The number of hydrogen-bond acceptors (Lipinski definition) is 2. The van der Waals surface area contributed by atoms with Gasteiger partial charge in [-0.05, 0) is 80.0 Å². The van der Waals surface area contributed by atoms with Crippen molar-refractivity contribution in [3.8, 4) is 0 Å². The molecule has 4 rings (SSSR count). The van der Waals surface area contributed by atoms with E-state index in [4.69, 9.17) is 0 Å². The number of rotatable bonds is 1. The smallest absolute Gasteiger partial charge is 0.0599 e. The van der Waals surface area contributed by atoms with Crippen molar-refractivity contribution in [2.45, 2.75) is 71.3 Å². The average Bonchev–Trinajstić information content (AvgIpc) is 2.73. The minimum Gasteiger partial charge on any atom is -0.396 e. The van der Waals surface area contributed by atoms with Gasteiger partial charge in [0.25, 0.3) is 0 Å². The Morgan fingerprint density at radius 3 is 2.59 bits per heavy atom. The van der Waals surface area contributed by atoms with Crippen molar-refractivity contribution in [3.05, 3.63) is 12.2 Å². The zero-order valence-corrected chi connectivity index (χ0v) is 14.3. The van der Waals surface area contributed by atoms with E-state index in [9.17, 15) is 10.2 Å². The quantitative estimate of drug-likeness (QED) is 0.721. The van der Waals surface area contributed by atoms with E-state index in [1.807, 2.05) is 0 Å². The van der Waals surface area contributed by atoms with Crippen molar-refractivity contribution in [2.24, 2.45) is 34.0 Å². The van der Waals surface area contributed by atoms with E-state index in [0.29, 0.717) is 17.3 Å². The Morgan fingerprint density at radius 1 is 1.09 bits per heavy atom. The first-order chi connectivity index (χ1) is 10.4. The Morgan fingerprint density at radius 2 is 1.86 bits per heavy atom. The maximum atomic E-state index is 11.0. The summed E-state index contributed by atoms with van der Waals surface area (Å²) in [6.07, 6.45) is 9.17. The maximum absolute atomic E-state index is 11.0. The van der Waals surface area contributed by atoms with Gasteiger partial charge in [-0.3, -0.25) is 0 Å². The van der Waals surface area contributed by atoms with Crippen molar-refractivity contribution in [1.29, 1.82) is 0 Å². The zero-order chi connectivity index (χ0) is 15.8. The molecule has 1 spiro atoms. The van der Waals surface area contributed by atoms with Crippen LogP contribution in [0.15, 0.2) is 12.2 Å². The summed E-state index contributed by atoms with van der Waals surface area (Å²) < 4.78 is 0. The first kappa shape index (κ1) is 15.2. The zero-order valence-electron chi connectivity index (χ0n) is 14.3. The average molecular weight is 304 g/mol. The molecule has 7 atom stereocenters. The molecule has 0 heterocycles. The van der Waals surface area contributed by atoms with Crippen LogP contribution in [0.2, 0.25) is 0 Å². The second-order valence-electron chi connectivity index (χ2n) is 9.55. The molecule has 2 nitrogen and oxygen atoms in total. The van der Waals surface area contributed by atoms with Crippen LogP contribution >= 0.6 is 0 Å². The lowest BCUT2D eigenvalue weighted by Crippen LogP contribution is -2.62. The molecule has 0 amide bonds. The van der Waals surface area contributed by atoms with E-state index in [0.717, 1.165) is 18.8 Å². The molecular formula is C20H32O2. The molecule has 22 heavy (non-hydrogen) atoms. The SMILES string of the molecule is C=C1C[C@@]23CC[C@H]4[C@@](C)(CO)CC[C@H](O)[C@@]4(C)[C@@H]2CC[C@@H]1C3. The Balaban J connectivity index is 1.77. The Labute approximate surface area is 135 Å². The number of hydrogen-bond donors (Lipinski definition) is 2. The van der Waals surface area contributed by atoms with E-state index in [-0.39, 0.29) is 23.5 Å². The lowest BCUT2D eigenvalue weighted by Gasteiger charge is -2.65. The summed E-state index contributed by atoms with van der Waals surface area (Å²) in [6.45, 7) is 9.27. The number of aliphatic hydroxyl groups excluding tert-OH is 2. The van der Waals surface area contributed by atoms with Crippen LogP contribution in [-0.2, 0) is 0 Å². The summed E-state index contributed by atoms with van der Waals surface area (Å²) in [5.41, 5.74) is 1.89. The minimum absolute atomic E-state index is 0.00204. The summed E-state index contributed by atoms with van der Waals surface area (Å²) in [7, 11) is 0. The highest BCUT2D eigenvalue weighted by molar-refractivity contribution is 5.23. The summed E-state index contributed by atoms with van der Waals surface area (Å²) >= 11 is 0. The third-order valence-electron chi connectivity index (χ3n) is 8.69. The molecule has 0 aromatic carbocycles. The van der Waals surface area contributed by atoms with Crippen LogP contribution in [-0.4, -0.2) is 22.9 Å². The third kappa shape index (κ3) is 1.69. The largest absolute Gasteiger partial charge is 0.396 e. The molecule has 0 unspecified atom stereocenters. The fourth-order valence-corrected chi connectivity index (χ4v) is 7.58. The first-order valence-corrected chi connectivity index (χ1v) is 9.32. The Kier molecular flexibility index (Phi) is 3.18. The van der Waals surface area contributed by atoms with Crippen LogP contribution in [0.4, 0.5) is 0 Å². The lowest BCUT2D eigenvalue weighted by atomic mass is 9.40. The van der Waals surface area contributed by atoms with Crippen molar-refractivity contribution in [2.75, 3.05) is 6.61 Å². The van der Waals surface area contributed by atoms with Gasteiger partial charge in [-0.15, -0.1) is 0 Å². The molecular weight excluding hydrogens is 272 g/mol. The van der Waals surface area contributed by atoms with Gasteiger partial charge in [0.1, 0.15) is 0 Å². The molecule has 0 aromatic heterocycles. The van der Waals surface area contributed by atoms with Gasteiger partial charge in [-0.2, -0.15) is 0 Å². The predicted molar refractivity (Wildman–Crippen MR) is 88.3 cm³/mol. The van der Waals surface area contributed by atoms with Gasteiger partial charge in [-0.1, -0.05) is 26.0 Å². The molecule has 0 aromatic rings. The van der Waals surface area contributed by atoms with Crippen molar-refractivity contribution in [3.63, 3.8) is 0 Å². The van der Waals surface area contributed by atoms with E-state index in [1.165, 1.54) is 44.1 Å². The van der Waals surface area contributed by atoms with Gasteiger partial charge in [0.2, 0.25) is 0 Å².